The highest BCUT2D eigenvalue weighted by molar-refractivity contribution is 5.89. The van der Waals surface area contributed by atoms with Crippen molar-refractivity contribution in [1.82, 2.24) is 15.3 Å². The maximum Gasteiger partial charge on any atom is 0.0459 e. The van der Waals surface area contributed by atoms with Gasteiger partial charge in [0, 0.05) is 35.5 Å². The molecular formula is C17H17N3. The summed E-state index contributed by atoms with van der Waals surface area (Å²) >= 11 is 0. The summed E-state index contributed by atoms with van der Waals surface area (Å²) in [6, 6.07) is 10.8. The van der Waals surface area contributed by atoms with Crippen molar-refractivity contribution in [3.05, 3.63) is 54.0 Å². The van der Waals surface area contributed by atoms with Crippen LogP contribution in [0.15, 0.2) is 42.7 Å². The minimum Gasteiger partial charge on any atom is -0.358 e. The van der Waals surface area contributed by atoms with Crippen molar-refractivity contribution < 1.29 is 0 Å². The van der Waals surface area contributed by atoms with E-state index in [-0.39, 0.29) is 0 Å². The second-order valence-corrected chi connectivity index (χ2v) is 5.36. The van der Waals surface area contributed by atoms with E-state index < -0.39 is 0 Å². The van der Waals surface area contributed by atoms with Crippen LogP contribution in [0.3, 0.4) is 0 Å². The fourth-order valence-corrected chi connectivity index (χ4v) is 3.05. The Morgan fingerprint density at radius 1 is 1.00 bits per heavy atom. The highest BCUT2D eigenvalue weighted by atomic mass is 14.9. The summed E-state index contributed by atoms with van der Waals surface area (Å²) in [6.07, 6.45) is 6.04. The lowest BCUT2D eigenvalue weighted by Gasteiger charge is -2.03. The highest BCUT2D eigenvalue weighted by Gasteiger charge is 2.14. The number of aryl methyl sites for hydroxylation is 1. The molecule has 3 nitrogen and oxygen atoms in total. The molecular weight excluding hydrogens is 246 g/mol. The van der Waals surface area contributed by atoms with Gasteiger partial charge in [-0.15, -0.1) is 0 Å². The van der Waals surface area contributed by atoms with Crippen LogP contribution >= 0.6 is 0 Å². The van der Waals surface area contributed by atoms with Crippen molar-refractivity contribution in [3.8, 4) is 11.1 Å². The number of hydrogen-bond donors (Lipinski definition) is 2. The molecule has 3 heteroatoms. The Bertz CT molecular complexity index is 744. The standard InChI is InChI=1S/C17H17N3/c1-2-16-15(11-19-7-1)14-10-13(3-4-17(14)20-16)12-5-8-18-9-6-12/h3-6,8-10,19-20H,1-2,7,11H2. The van der Waals surface area contributed by atoms with Gasteiger partial charge >= 0.3 is 0 Å². The van der Waals surface area contributed by atoms with E-state index in [1.54, 1.807) is 0 Å². The Kier molecular flexibility index (Phi) is 2.78. The number of H-pyrrole nitrogens is 1. The van der Waals surface area contributed by atoms with Crippen LogP contribution in [0.2, 0.25) is 0 Å². The number of pyridine rings is 1. The molecule has 0 saturated carbocycles. The third kappa shape index (κ3) is 1.91. The molecule has 0 fully saturated rings. The van der Waals surface area contributed by atoms with Crippen molar-refractivity contribution in [2.24, 2.45) is 0 Å². The van der Waals surface area contributed by atoms with E-state index in [2.05, 4.69) is 45.6 Å². The van der Waals surface area contributed by atoms with E-state index in [0.29, 0.717) is 0 Å². The zero-order chi connectivity index (χ0) is 13.4. The molecule has 1 aromatic carbocycles. The van der Waals surface area contributed by atoms with Crippen LogP contribution < -0.4 is 5.32 Å². The maximum atomic E-state index is 4.09. The quantitative estimate of drug-likeness (QED) is 0.707. The van der Waals surface area contributed by atoms with Crippen molar-refractivity contribution in [2.75, 3.05) is 6.54 Å². The number of nitrogens with zero attached hydrogens (tertiary/aromatic N) is 1. The van der Waals surface area contributed by atoms with Gasteiger partial charge < -0.3 is 10.3 Å². The van der Waals surface area contributed by atoms with Gasteiger partial charge in [0.05, 0.1) is 0 Å². The van der Waals surface area contributed by atoms with E-state index in [1.165, 1.54) is 39.7 Å². The Morgan fingerprint density at radius 3 is 2.80 bits per heavy atom. The SMILES string of the molecule is c1cc(-c2ccc3[nH]c4c(c3c2)CNCCC4)ccn1. The predicted octanol–water partition coefficient (Wildman–Crippen LogP) is 3.27. The molecule has 4 rings (SSSR count). The fraction of sp³-hybridized carbons (Fsp3) is 0.235. The molecule has 0 saturated heterocycles. The summed E-state index contributed by atoms with van der Waals surface area (Å²) in [5, 5.41) is 4.86. The average molecular weight is 263 g/mol. The Morgan fingerprint density at radius 2 is 1.90 bits per heavy atom. The molecule has 0 bridgehead atoms. The molecule has 0 amide bonds. The van der Waals surface area contributed by atoms with Crippen LogP contribution in [0.4, 0.5) is 0 Å². The summed E-state index contributed by atoms with van der Waals surface area (Å²) in [6.45, 7) is 2.07. The molecule has 100 valence electrons. The zero-order valence-corrected chi connectivity index (χ0v) is 11.3. The first-order valence-corrected chi connectivity index (χ1v) is 7.16. The van der Waals surface area contributed by atoms with E-state index in [0.717, 1.165) is 19.5 Å². The topological polar surface area (TPSA) is 40.7 Å². The summed E-state index contributed by atoms with van der Waals surface area (Å²) in [5.41, 5.74) is 6.56. The molecule has 0 radical (unpaired) electrons. The van der Waals surface area contributed by atoms with Gasteiger partial charge in [0.1, 0.15) is 0 Å². The molecule has 0 spiro atoms. The first kappa shape index (κ1) is 11.7. The Hall–Kier alpha value is -2.13. The van der Waals surface area contributed by atoms with Crippen LogP contribution in [0.5, 0.6) is 0 Å². The molecule has 3 heterocycles. The van der Waals surface area contributed by atoms with Crippen molar-refractivity contribution in [1.29, 1.82) is 0 Å². The van der Waals surface area contributed by atoms with E-state index >= 15 is 0 Å². The van der Waals surface area contributed by atoms with E-state index in [1.807, 2.05) is 12.4 Å². The van der Waals surface area contributed by atoms with Crippen LogP contribution in [0.25, 0.3) is 22.0 Å². The third-order valence-electron chi connectivity index (χ3n) is 4.09. The normalized spacial score (nSPS) is 15.0. The lowest BCUT2D eigenvalue weighted by Crippen LogP contribution is -2.11. The van der Waals surface area contributed by atoms with Crippen LogP contribution in [-0.2, 0) is 13.0 Å². The van der Waals surface area contributed by atoms with Crippen molar-refractivity contribution in [3.63, 3.8) is 0 Å². The Balaban J connectivity index is 1.88. The van der Waals surface area contributed by atoms with E-state index in [9.17, 15) is 0 Å². The molecule has 1 aliphatic rings. The number of aromatic nitrogens is 2. The molecule has 0 aliphatic carbocycles. The minimum absolute atomic E-state index is 0.967. The van der Waals surface area contributed by atoms with Crippen LogP contribution in [0.1, 0.15) is 17.7 Å². The average Bonchev–Trinajstić information content (AvgIpc) is 2.69. The predicted molar refractivity (Wildman–Crippen MR) is 81.6 cm³/mol. The molecule has 0 unspecified atom stereocenters. The van der Waals surface area contributed by atoms with Crippen molar-refractivity contribution >= 4 is 10.9 Å². The lowest BCUT2D eigenvalue weighted by molar-refractivity contribution is 0.680. The molecule has 20 heavy (non-hydrogen) atoms. The van der Waals surface area contributed by atoms with Crippen LogP contribution in [0, 0.1) is 0 Å². The van der Waals surface area contributed by atoms with Crippen molar-refractivity contribution in [2.45, 2.75) is 19.4 Å². The monoisotopic (exact) mass is 263 g/mol. The second kappa shape index (κ2) is 4.76. The number of fused-ring (bicyclic) bond motifs is 3. The molecule has 3 aromatic rings. The number of nitrogens with one attached hydrogen (secondary N) is 2. The van der Waals surface area contributed by atoms with Gasteiger partial charge in [-0.1, -0.05) is 6.07 Å². The highest BCUT2D eigenvalue weighted by Crippen LogP contribution is 2.29. The van der Waals surface area contributed by atoms with Gasteiger partial charge in [0.15, 0.2) is 0 Å². The van der Waals surface area contributed by atoms with E-state index in [4.69, 9.17) is 0 Å². The summed E-state index contributed by atoms with van der Waals surface area (Å²) in [4.78, 5) is 7.67. The summed E-state index contributed by atoms with van der Waals surface area (Å²) in [5.74, 6) is 0. The largest absolute Gasteiger partial charge is 0.358 e. The first-order chi connectivity index (χ1) is 9.92. The van der Waals surface area contributed by atoms with Gasteiger partial charge in [0.2, 0.25) is 0 Å². The second-order valence-electron chi connectivity index (χ2n) is 5.36. The van der Waals surface area contributed by atoms with Gasteiger partial charge in [-0.2, -0.15) is 0 Å². The Labute approximate surface area is 118 Å². The number of rotatable bonds is 1. The molecule has 0 atom stereocenters. The number of aromatic amines is 1. The number of hydrogen-bond acceptors (Lipinski definition) is 2. The zero-order valence-electron chi connectivity index (χ0n) is 11.3. The van der Waals surface area contributed by atoms with Gasteiger partial charge in [-0.05, 0) is 60.3 Å². The third-order valence-corrected chi connectivity index (χ3v) is 4.09. The minimum atomic E-state index is 0.967. The molecule has 1 aliphatic heterocycles. The fourth-order valence-electron chi connectivity index (χ4n) is 3.05. The van der Waals surface area contributed by atoms with Gasteiger partial charge in [-0.3, -0.25) is 4.98 Å². The molecule has 2 N–H and O–H groups in total. The first-order valence-electron chi connectivity index (χ1n) is 7.16. The lowest BCUT2D eigenvalue weighted by atomic mass is 10.0. The summed E-state index contributed by atoms with van der Waals surface area (Å²) < 4.78 is 0. The van der Waals surface area contributed by atoms with Gasteiger partial charge in [-0.25, -0.2) is 0 Å². The molecule has 2 aromatic heterocycles. The summed E-state index contributed by atoms with van der Waals surface area (Å²) in [7, 11) is 0. The number of benzene rings is 1. The van der Waals surface area contributed by atoms with Gasteiger partial charge in [0.25, 0.3) is 0 Å². The van der Waals surface area contributed by atoms with Crippen LogP contribution in [-0.4, -0.2) is 16.5 Å². The smallest absolute Gasteiger partial charge is 0.0459 e. The maximum absolute atomic E-state index is 4.09.